The van der Waals surface area contributed by atoms with Crippen LogP contribution in [0.2, 0.25) is 20.1 Å². The lowest BCUT2D eigenvalue weighted by Gasteiger charge is -2.33. The highest BCUT2D eigenvalue weighted by Crippen LogP contribution is 2.33. The summed E-state index contributed by atoms with van der Waals surface area (Å²) in [5.41, 5.74) is 0.679. The molecular weight excluding hydrogens is 616 g/mol. The van der Waals surface area contributed by atoms with Gasteiger partial charge >= 0.3 is 0 Å². The molecule has 214 valence electrons. The Labute approximate surface area is 255 Å². The molecule has 1 unspecified atom stereocenters. The van der Waals surface area contributed by atoms with Crippen molar-refractivity contribution in [3.8, 4) is 0 Å². The van der Waals surface area contributed by atoms with Crippen molar-refractivity contribution < 1.29 is 18.0 Å². The topological polar surface area (TPSA) is 86.8 Å². The lowest BCUT2D eigenvalue weighted by Crippen LogP contribution is -2.53. The van der Waals surface area contributed by atoms with Gasteiger partial charge in [0, 0.05) is 17.6 Å². The van der Waals surface area contributed by atoms with Gasteiger partial charge in [-0.05, 0) is 68.3 Å². The molecule has 0 spiro atoms. The summed E-state index contributed by atoms with van der Waals surface area (Å²) in [5, 5.41) is 3.81. The average molecular weight is 645 g/mol. The van der Waals surface area contributed by atoms with E-state index in [1.165, 1.54) is 35.2 Å². The van der Waals surface area contributed by atoms with Gasteiger partial charge in [0.15, 0.2) is 0 Å². The van der Waals surface area contributed by atoms with Gasteiger partial charge in [0.1, 0.15) is 12.6 Å². The Balaban J connectivity index is 2.10. The van der Waals surface area contributed by atoms with Gasteiger partial charge in [-0.15, -0.1) is 0 Å². The van der Waals surface area contributed by atoms with Gasteiger partial charge in [-0.1, -0.05) is 77.6 Å². The molecule has 0 aliphatic rings. The predicted molar refractivity (Wildman–Crippen MR) is 162 cm³/mol. The van der Waals surface area contributed by atoms with Crippen molar-refractivity contribution in [3.63, 3.8) is 0 Å². The van der Waals surface area contributed by atoms with Gasteiger partial charge in [0.2, 0.25) is 11.8 Å². The quantitative estimate of drug-likeness (QED) is 0.248. The first kappa shape index (κ1) is 32.0. The maximum absolute atomic E-state index is 14.0. The zero-order valence-corrected chi connectivity index (χ0v) is 25.9. The summed E-state index contributed by atoms with van der Waals surface area (Å²) in [5.74, 6) is -0.991. The Bertz CT molecular complexity index is 1470. The highest BCUT2D eigenvalue weighted by Gasteiger charge is 2.34. The maximum Gasteiger partial charge on any atom is 0.264 e. The third-order valence-corrected chi connectivity index (χ3v) is 8.99. The second-order valence-corrected chi connectivity index (χ2v) is 12.8. The number of nitrogens with zero attached hydrogens (tertiary/aromatic N) is 2. The Morgan fingerprint density at radius 3 is 2.12 bits per heavy atom. The van der Waals surface area contributed by atoms with Crippen LogP contribution in [0.4, 0.5) is 5.69 Å². The maximum atomic E-state index is 14.0. The van der Waals surface area contributed by atoms with Crippen LogP contribution in [0.5, 0.6) is 0 Å². The minimum absolute atomic E-state index is 0.0205. The van der Waals surface area contributed by atoms with Gasteiger partial charge < -0.3 is 10.2 Å². The van der Waals surface area contributed by atoms with E-state index >= 15 is 0 Å². The predicted octanol–water partition coefficient (Wildman–Crippen LogP) is 6.83. The third-order valence-electron chi connectivity index (χ3n) is 5.94. The van der Waals surface area contributed by atoms with Crippen LogP contribution in [0.3, 0.4) is 0 Å². The average Bonchev–Trinajstić information content (AvgIpc) is 2.89. The second kappa shape index (κ2) is 13.9. The summed E-state index contributed by atoms with van der Waals surface area (Å²) in [4.78, 5) is 28.5. The molecule has 0 saturated carbocycles. The molecule has 40 heavy (non-hydrogen) atoms. The highest BCUT2D eigenvalue weighted by molar-refractivity contribution is 7.92. The molecule has 0 aromatic heterocycles. The number of benzene rings is 3. The van der Waals surface area contributed by atoms with Gasteiger partial charge in [0.25, 0.3) is 10.0 Å². The number of halogens is 4. The van der Waals surface area contributed by atoms with Crippen LogP contribution in [0, 0.1) is 0 Å². The number of carbonyl (C=O) groups excluding carboxylic acids is 2. The number of sulfonamides is 1. The zero-order chi connectivity index (χ0) is 29.6. The van der Waals surface area contributed by atoms with Crippen LogP contribution in [0.25, 0.3) is 0 Å². The molecule has 0 saturated heterocycles. The Morgan fingerprint density at radius 2 is 1.55 bits per heavy atom. The van der Waals surface area contributed by atoms with E-state index in [1.54, 1.807) is 43.3 Å². The van der Waals surface area contributed by atoms with Crippen LogP contribution < -0.4 is 9.62 Å². The summed E-state index contributed by atoms with van der Waals surface area (Å²) in [6.07, 6.45) is 0.277. The number of rotatable bonds is 11. The lowest BCUT2D eigenvalue weighted by molar-refractivity contribution is -0.140. The number of hydrogen-bond acceptors (Lipinski definition) is 4. The Kier molecular flexibility index (Phi) is 11.1. The molecule has 0 fully saturated rings. The molecule has 1 N–H and O–H groups in total. The van der Waals surface area contributed by atoms with Crippen LogP contribution in [0.1, 0.15) is 32.8 Å². The van der Waals surface area contributed by atoms with Crippen molar-refractivity contribution in [2.75, 3.05) is 10.8 Å². The molecule has 1 atom stereocenters. The normalized spacial score (nSPS) is 12.2. The fraction of sp³-hybridized carbons (Fsp3) is 0.286. The molecule has 0 aliphatic carbocycles. The molecule has 3 aromatic rings. The summed E-state index contributed by atoms with van der Waals surface area (Å²) >= 11 is 24.8. The van der Waals surface area contributed by atoms with Gasteiger partial charge in [-0.25, -0.2) is 8.42 Å². The Hall–Kier alpha value is -2.49. The van der Waals surface area contributed by atoms with E-state index in [0.29, 0.717) is 15.6 Å². The minimum Gasteiger partial charge on any atom is -0.352 e. The van der Waals surface area contributed by atoms with E-state index in [-0.39, 0.29) is 45.5 Å². The first-order valence-electron chi connectivity index (χ1n) is 12.4. The fourth-order valence-electron chi connectivity index (χ4n) is 4.05. The molecule has 2 amide bonds. The molecule has 12 heteroatoms. The van der Waals surface area contributed by atoms with Crippen molar-refractivity contribution in [1.29, 1.82) is 0 Å². The lowest BCUT2D eigenvalue weighted by atomic mass is 10.1. The van der Waals surface area contributed by atoms with Gasteiger partial charge in [-0.3, -0.25) is 13.9 Å². The van der Waals surface area contributed by atoms with Crippen molar-refractivity contribution in [2.24, 2.45) is 0 Å². The molecule has 3 aromatic carbocycles. The van der Waals surface area contributed by atoms with Crippen LogP contribution >= 0.6 is 46.4 Å². The third kappa shape index (κ3) is 7.83. The first-order valence-corrected chi connectivity index (χ1v) is 15.4. The number of hydrogen-bond donors (Lipinski definition) is 1. The summed E-state index contributed by atoms with van der Waals surface area (Å²) in [7, 11) is -4.26. The summed E-state index contributed by atoms with van der Waals surface area (Å²) < 4.78 is 28.6. The van der Waals surface area contributed by atoms with Crippen LogP contribution in [-0.2, 0) is 26.2 Å². The van der Waals surface area contributed by atoms with Crippen LogP contribution in [-0.4, -0.2) is 43.8 Å². The number of anilines is 1. The van der Waals surface area contributed by atoms with E-state index < -0.39 is 28.5 Å². The number of amides is 2. The summed E-state index contributed by atoms with van der Waals surface area (Å²) in [6, 6.07) is 15.8. The van der Waals surface area contributed by atoms with E-state index in [1.807, 2.05) is 13.8 Å². The first-order chi connectivity index (χ1) is 18.8. The zero-order valence-electron chi connectivity index (χ0n) is 22.1. The molecule has 3 rings (SSSR count). The van der Waals surface area contributed by atoms with Crippen molar-refractivity contribution in [2.45, 2.75) is 50.7 Å². The van der Waals surface area contributed by atoms with E-state index in [4.69, 9.17) is 46.4 Å². The standard InChI is InChI=1S/C28H29Cl4N3O4S/c1-4-25(28(37)33-18(2)3)34(16-19-10-12-22(30)23(31)14-19)27(36)17-35(26-13-11-20(29)15-24(26)32)40(38,39)21-8-6-5-7-9-21/h5-15,18,25H,4,16-17H2,1-3H3,(H,33,37). The van der Waals surface area contributed by atoms with Crippen LogP contribution in [0.15, 0.2) is 71.6 Å². The largest absolute Gasteiger partial charge is 0.352 e. The molecule has 0 radical (unpaired) electrons. The van der Waals surface area contributed by atoms with Gasteiger partial charge in [-0.2, -0.15) is 0 Å². The number of carbonyl (C=O) groups is 2. The second-order valence-electron chi connectivity index (χ2n) is 9.28. The highest BCUT2D eigenvalue weighted by atomic mass is 35.5. The fourth-order valence-corrected chi connectivity index (χ4v) is 6.39. The molecule has 0 bridgehead atoms. The van der Waals surface area contributed by atoms with E-state index in [2.05, 4.69) is 5.32 Å². The molecule has 0 heterocycles. The minimum atomic E-state index is -4.26. The molecular formula is C28H29Cl4N3O4S. The summed E-state index contributed by atoms with van der Waals surface area (Å²) in [6.45, 7) is 4.74. The molecule has 7 nitrogen and oxygen atoms in total. The van der Waals surface area contributed by atoms with Gasteiger partial charge in [0.05, 0.1) is 25.7 Å². The van der Waals surface area contributed by atoms with Crippen molar-refractivity contribution in [3.05, 3.63) is 92.4 Å². The monoisotopic (exact) mass is 643 g/mol. The molecule has 0 aliphatic heterocycles. The van der Waals surface area contributed by atoms with E-state index in [0.717, 1.165) is 4.31 Å². The van der Waals surface area contributed by atoms with Crippen molar-refractivity contribution >= 4 is 73.9 Å². The Morgan fingerprint density at radius 1 is 0.875 bits per heavy atom. The number of nitrogens with one attached hydrogen (secondary N) is 1. The van der Waals surface area contributed by atoms with E-state index in [9.17, 15) is 18.0 Å². The van der Waals surface area contributed by atoms with Crippen molar-refractivity contribution in [1.82, 2.24) is 10.2 Å². The SMILES string of the molecule is CCC(C(=O)NC(C)C)N(Cc1ccc(Cl)c(Cl)c1)C(=O)CN(c1ccc(Cl)cc1Cl)S(=O)(=O)c1ccccc1. The smallest absolute Gasteiger partial charge is 0.264 e.